The Kier molecular flexibility index (Phi) is 2.57. The van der Waals surface area contributed by atoms with Crippen LogP contribution in [0.15, 0.2) is 12.1 Å². The lowest BCUT2D eigenvalue weighted by Gasteiger charge is -2.32. The third-order valence-corrected chi connectivity index (χ3v) is 4.25. The zero-order valence-corrected chi connectivity index (χ0v) is 10.1. The van der Waals surface area contributed by atoms with Crippen molar-refractivity contribution in [2.75, 3.05) is 22.9 Å². The Morgan fingerprint density at radius 1 is 1.12 bits per heavy atom. The zero-order chi connectivity index (χ0) is 11.8. The molecule has 2 unspecified atom stereocenters. The molecular formula is C13H20N4. The molecule has 2 atom stereocenters. The Morgan fingerprint density at radius 3 is 2.76 bits per heavy atom. The predicted octanol–water partition coefficient (Wildman–Crippen LogP) is 2.01. The van der Waals surface area contributed by atoms with Gasteiger partial charge in [-0.3, -0.25) is 0 Å². The summed E-state index contributed by atoms with van der Waals surface area (Å²) in [6.07, 6.45) is 6.73. The highest BCUT2D eigenvalue weighted by molar-refractivity contribution is 5.62. The molecule has 4 nitrogen and oxygen atoms in total. The van der Waals surface area contributed by atoms with Crippen LogP contribution < -0.4 is 16.4 Å². The van der Waals surface area contributed by atoms with Gasteiger partial charge in [0, 0.05) is 12.6 Å². The van der Waals surface area contributed by atoms with E-state index in [9.17, 15) is 0 Å². The first-order chi connectivity index (χ1) is 8.25. The van der Waals surface area contributed by atoms with Crippen molar-refractivity contribution < 1.29 is 0 Å². The summed E-state index contributed by atoms with van der Waals surface area (Å²) in [4.78, 5) is 6.85. The maximum absolute atomic E-state index is 5.79. The van der Waals surface area contributed by atoms with Crippen molar-refractivity contribution in [1.29, 1.82) is 0 Å². The number of anilines is 3. The Morgan fingerprint density at radius 2 is 1.94 bits per heavy atom. The number of fused-ring (bicyclic) bond motifs is 1. The molecule has 1 saturated carbocycles. The van der Waals surface area contributed by atoms with Crippen LogP contribution >= 0.6 is 0 Å². The van der Waals surface area contributed by atoms with Crippen molar-refractivity contribution in [2.24, 2.45) is 5.92 Å². The quantitative estimate of drug-likeness (QED) is 0.777. The molecule has 0 radical (unpaired) electrons. The summed E-state index contributed by atoms with van der Waals surface area (Å²) in [6, 6.07) is 4.55. The van der Waals surface area contributed by atoms with E-state index in [1.54, 1.807) is 0 Å². The molecule has 1 aromatic rings. The first-order valence-electron chi connectivity index (χ1n) is 6.54. The average molecular weight is 232 g/mol. The molecule has 2 aliphatic rings. The van der Waals surface area contributed by atoms with Gasteiger partial charge in [0.1, 0.15) is 11.6 Å². The molecule has 1 saturated heterocycles. The highest BCUT2D eigenvalue weighted by Gasteiger charge is 2.36. The van der Waals surface area contributed by atoms with Crippen LogP contribution in [0.1, 0.15) is 32.1 Å². The smallest absolute Gasteiger partial charge is 0.149 e. The van der Waals surface area contributed by atoms with E-state index in [2.05, 4.69) is 9.88 Å². The van der Waals surface area contributed by atoms with Gasteiger partial charge < -0.3 is 16.4 Å². The molecule has 3 rings (SSSR count). The topological polar surface area (TPSA) is 68.2 Å². The van der Waals surface area contributed by atoms with Gasteiger partial charge in [-0.15, -0.1) is 0 Å². The van der Waals surface area contributed by atoms with Crippen LogP contribution in [0.5, 0.6) is 0 Å². The third-order valence-electron chi connectivity index (χ3n) is 4.25. The van der Waals surface area contributed by atoms with Crippen LogP contribution in [-0.4, -0.2) is 17.6 Å². The van der Waals surface area contributed by atoms with Gasteiger partial charge in [0.15, 0.2) is 0 Å². The Labute approximate surface area is 102 Å². The van der Waals surface area contributed by atoms with Gasteiger partial charge >= 0.3 is 0 Å². The highest BCUT2D eigenvalue weighted by Crippen LogP contribution is 2.38. The largest absolute Gasteiger partial charge is 0.396 e. The first-order valence-corrected chi connectivity index (χ1v) is 6.54. The van der Waals surface area contributed by atoms with Crippen molar-refractivity contribution in [3.63, 3.8) is 0 Å². The van der Waals surface area contributed by atoms with Gasteiger partial charge in [0.2, 0.25) is 0 Å². The molecule has 0 amide bonds. The Bertz CT molecular complexity index is 418. The number of hydrogen-bond acceptors (Lipinski definition) is 4. The summed E-state index contributed by atoms with van der Waals surface area (Å²) in [7, 11) is 0. The highest BCUT2D eigenvalue weighted by atomic mass is 15.2. The molecule has 2 fully saturated rings. The van der Waals surface area contributed by atoms with Gasteiger partial charge in [0.05, 0.1) is 5.69 Å². The number of aromatic nitrogens is 1. The van der Waals surface area contributed by atoms with Crippen LogP contribution in [0.4, 0.5) is 17.3 Å². The molecule has 4 N–H and O–H groups in total. The van der Waals surface area contributed by atoms with E-state index in [0.717, 1.165) is 18.3 Å². The molecule has 2 heterocycles. The second kappa shape index (κ2) is 4.09. The van der Waals surface area contributed by atoms with E-state index < -0.39 is 0 Å². The minimum absolute atomic E-state index is 0.460. The second-order valence-corrected chi connectivity index (χ2v) is 5.24. The molecule has 1 aliphatic heterocycles. The van der Waals surface area contributed by atoms with Crippen LogP contribution in [0.2, 0.25) is 0 Å². The van der Waals surface area contributed by atoms with Crippen molar-refractivity contribution in [2.45, 2.75) is 38.1 Å². The van der Waals surface area contributed by atoms with E-state index in [-0.39, 0.29) is 0 Å². The van der Waals surface area contributed by atoms with Crippen LogP contribution in [0.3, 0.4) is 0 Å². The van der Waals surface area contributed by atoms with E-state index >= 15 is 0 Å². The monoisotopic (exact) mass is 232 g/mol. The number of rotatable bonds is 1. The van der Waals surface area contributed by atoms with E-state index in [0.29, 0.717) is 17.5 Å². The molecule has 4 heteroatoms. The molecule has 92 valence electrons. The summed E-state index contributed by atoms with van der Waals surface area (Å²) in [5.41, 5.74) is 12.1. The molecular weight excluding hydrogens is 212 g/mol. The molecule has 1 aromatic heterocycles. The number of nitrogen functional groups attached to an aromatic ring is 2. The fourth-order valence-corrected chi connectivity index (χ4v) is 3.33. The summed E-state index contributed by atoms with van der Waals surface area (Å²) < 4.78 is 0. The number of hydrogen-bond donors (Lipinski definition) is 2. The lowest BCUT2D eigenvalue weighted by molar-refractivity contribution is 0.341. The fraction of sp³-hybridized carbons (Fsp3) is 0.615. The lowest BCUT2D eigenvalue weighted by Crippen LogP contribution is -2.35. The van der Waals surface area contributed by atoms with Crippen LogP contribution in [0, 0.1) is 5.92 Å². The van der Waals surface area contributed by atoms with Crippen molar-refractivity contribution in [3.8, 4) is 0 Å². The Hall–Kier alpha value is -1.45. The van der Waals surface area contributed by atoms with Crippen LogP contribution in [-0.2, 0) is 0 Å². The normalized spacial score (nSPS) is 28.1. The summed E-state index contributed by atoms with van der Waals surface area (Å²) in [5.74, 6) is 2.33. The van der Waals surface area contributed by atoms with Crippen molar-refractivity contribution in [1.82, 2.24) is 4.98 Å². The van der Waals surface area contributed by atoms with E-state index in [4.69, 9.17) is 11.5 Å². The summed E-state index contributed by atoms with van der Waals surface area (Å²) in [5, 5.41) is 0. The number of pyridine rings is 1. The fourth-order valence-electron chi connectivity index (χ4n) is 3.33. The summed E-state index contributed by atoms with van der Waals surface area (Å²) >= 11 is 0. The molecule has 17 heavy (non-hydrogen) atoms. The predicted molar refractivity (Wildman–Crippen MR) is 70.8 cm³/mol. The first kappa shape index (κ1) is 10.7. The van der Waals surface area contributed by atoms with Crippen LogP contribution in [0.25, 0.3) is 0 Å². The third kappa shape index (κ3) is 1.81. The minimum Gasteiger partial charge on any atom is -0.396 e. The standard InChI is InChI=1S/C13H20N4/c14-10-5-6-12(16-13(10)15)17-8-7-9-3-1-2-4-11(9)17/h5-6,9,11H,1-4,7-8,14H2,(H2,15,16). The van der Waals surface area contributed by atoms with Gasteiger partial charge in [0.25, 0.3) is 0 Å². The zero-order valence-electron chi connectivity index (χ0n) is 10.1. The maximum atomic E-state index is 5.79. The number of nitrogens with two attached hydrogens (primary N) is 2. The lowest BCUT2D eigenvalue weighted by atomic mass is 9.85. The molecule has 1 aliphatic carbocycles. The summed E-state index contributed by atoms with van der Waals surface area (Å²) in [6.45, 7) is 1.12. The average Bonchev–Trinajstić information content (AvgIpc) is 2.76. The molecule has 0 aromatic carbocycles. The van der Waals surface area contributed by atoms with E-state index in [1.165, 1.54) is 32.1 Å². The van der Waals surface area contributed by atoms with Gasteiger partial charge in [-0.2, -0.15) is 0 Å². The second-order valence-electron chi connectivity index (χ2n) is 5.24. The van der Waals surface area contributed by atoms with E-state index in [1.807, 2.05) is 12.1 Å². The maximum Gasteiger partial charge on any atom is 0.149 e. The minimum atomic E-state index is 0.460. The van der Waals surface area contributed by atoms with Gasteiger partial charge in [-0.05, 0) is 37.3 Å². The van der Waals surface area contributed by atoms with Crippen molar-refractivity contribution in [3.05, 3.63) is 12.1 Å². The SMILES string of the molecule is Nc1ccc(N2CCC3CCCCC32)nc1N. The molecule has 0 spiro atoms. The van der Waals surface area contributed by atoms with Crippen molar-refractivity contribution >= 4 is 17.3 Å². The van der Waals surface area contributed by atoms with Gasteiger partial charge in [-0.25, -0.2) is 4.98 Å². The molecule has 0 bridgehead atoms. The Balaban J connectivity index is 1.86. The number of nitrogens with zero attached hydrogens (tertiary/aromatic N) is 2. The van der Waals surface area contributed by atoms with Gasteiger partial charge in [-0.1, -0.05) is 12.8 Å².